The van der Waals surface area contributed by atoms with E-state index >= 15 is 0 Å². The van der Waals surface area contributed by atoms with Gasteiger partial charge in [0.05, 0.1) is 10.2 Å². The summed E-state index contributed by atoms with van der Waals surface area (Å²) in [6.45, 7) is 5.70. The fourth-order valence-electron chi connectivity index (χ4n) is 2.75. The van der Waals surface area contributed by atoms with Gasteiger partial charge in [-0.05, 0) is 36.9 Å². The van der Waals surface area contributed by atoms with Crippen LogP contribution in [0.3, 0.4) is 0 Å². The molecule has 1 unspecified atom stereocenters. The number of hydrogen-bond acceptors (Lipinski definition) is 7. The van der Waals surface area contributed by atoms with Crippen LogP contribution in [0, 0.1) is 6.92 Å². The SMILES string of the molecule is Cc1cc(NCCNC(C)c2cnc3ccsc3c2)n2ncnc2n1. The highest BCUT2D eigenvalue weighted by molar-refractivity contribution is 7.17. The van der Waals surface area contributed by atoms with Crippen LogP contribution < -0.4 is 10.6 Å². The van der Waals surface area contributed by atoms with Gasteiger partial charge >= 0.3 is 0 Å². The number of nitrogens with one attached hydrogen (secondary N) is 2. The molecule has 0 saturated heterocycles. The lowest BCUT2D eigenvalue weighted by Gasteiger charge is -2.15. The summed E-state index contributed by atoms with van der Waals surface area (Å²) < 4.78 is 2.94. The van der Waals surface area contributed by atoms with Crippen LogP contribution in [0.25, 0.3) is 16.0 Å². The second-order valence-corrected chi connectivity index (χ2v) is 6.88. The zero-order valence-electron chi connectivity index (χ0n) is 14.1. The van der Waals surface area contributed by atoms with Crippen molar-refractivity contribution in [2.24, 2.45) is 0 Å². The Morgan fingerprint density at radius 2 is 2.16 bits per heavy atom. The van der Waals surface area contributed by atoms with Crippen molar-refractivity contribution in [3.05, 3.63) is 47.4 Å². The van der Waals surface area contributed by atoms with Gasteiger partial charge in [0.25, 0.3) is 5.78 Å². The summed E-state index contributed by atoms with van der Waals surface area (Å²) in [5.41, 5.74) is 3.18. The third kappa shape index (κ3) is 3.31. The van der Waals surface area contributed by atoms with Gasteiger partial charge < -0.3 is 10.6 Å². The summed E-state index contributed by atoms with van der Waals surface area (Å²) in [5.74, 6) is 1.51. The van der Waals surface area contributed by atoms with Crippen LogP contribution in [-0.2, 0) is 0 Å². The maximum atomic E-state index is 4.51. The average Bonchev–Trinajstić information content (AvgIpc) is 3.26. The fourth-order valence-corrected chi connectivity index (χ4v) is 3.54. The molecule has 1 atom stereocenters. The van der Waals surface area contributed by atoms with Gasteiger partial charge in [-0.1, -0.05) is 0 Å². The molecule has 4 aromatic heterocycles. The second-order valence-electron chi connectivity index (χ2n) is 5.93. The highest BCUT2D eigenvalue weighted by Crippen LogP contribution is 2.22. The van der Waals surface area contributed by atoms with E-state index in [0.717, 1.165) is 30.1 Å². The first-order valence-corrected chi connectivity index (χ1v) is 9.06. The molecule has 0 aromatic carbocycles. The van der Waals surface area contributed by atoms with Crippen LogP contribution in [-0.4, -0.2) is 37.7 Å². The number of anilines is 1. The van der Waals surface area contributed by atoms with E-state index in [0.29, 0.717) is 5.78 Å². The summed E-state index contributed by atoms with van der Waals surface area (Å²) in [6.07, 6.45) is 3.46. The number of aryl methyl sites for hydroxylation is 1. The van der Waals surface area contributed by atoms with Crippen LogP contribution in [0.4, 0.5) is 5.82 Å². The standard InChI is InChI=1S/C17H19N7S/c1-11-7-16(24-17(23-11)21-10-22-24)19-5-4-18-12(2)13-8-15-14(20-9-13)3-6-25-15/h3,6-10,12,18-19H,4-5H2,1-2H3. The highest BCUT2D eigenvalue weighted by Gasteiger charge is 2.08. The normalized spacial score (nSPS) is 12.7. The number of hydrogen-bond donors (Lipinski definition) is 2. The highest BCUT2D eigenvalue weighted by atomic mass is 32.1. The molecular formula is C17H19N7S. The summed E-state index contributed by atoms with van der Waals surface area (Å²) in [6, 6.07) is 6.47. The molecule has 128 valence electrons. The van der Waals surface area contributed by atoms with Crippen LogP contribution in [0.2, 0.25) is 0 Å². The second kappa shape index (κ2) is 6.73. The van der Waals surface area contributed by atoms with Crippen molar-refractivity contribution in [2.75, 3.05) is 18.4 Å². The number of pyridine rings is 1. The Bertz CT molecular complexity index is 1010. The summed E-state index contributed by atoms with van der Waals surface area (Å²) >= 11 is 1.72. The van der Waals surface area contributed by atoms with Gasteiger partial charge in [0.1, 0.15) is 12.1 Å². The topological polar surface area (TPSA) is 80.0 Å². The van der Waals surface area contributed by atoms with Crippen molar-refractivity contribution < 1.29 is 0 Å². The van der Waals surface area contributed by atoms with E-state index in [1.807, 2.05) is 25.3 Å². The number of aromatic nitrogens is 5. The zero-order chi connectivity index (χ0) is 17.2. The molecule has 0 bridgehead atoms. The van der Waals surface area contributed by atoms with Crippen LogP contribution in [0.15, 0.2) is 36.1 Å². The van der Waals surface area contributed by atoms with Crippen molar-refractivity contribution in [3.8, 4) is 0 Å². The lowest BCUT2D eigenvalue weighted by Crippen LogP contribution is -2.25. The molecule has 0 aliphatic heterocycles. The van der Waals surface area contributed by atoms with Crippen molar-refractivity contribution >= 4 is 33.1 Å². The summed E-state index contributed by atoms with van der Waals surface area (Å²) in [4.78, 5) is 13.0. The van der Waals surface area contributed by atoms with E-state index in [1.165, 1.54) is 16.6 Å². The maximum Gasteiger partial charge on any atom is 0.254 e. The number of thiophene rings is 1. The Balaban J connectivity index is 1.36. The molecule has 0 radical (unpaired) electrons. The van der Waals surface area contributed by atoms with E-state index in [4.69, 9.17) is 0 Å². The van der Waals surface area contributed by atoms with E-state index in [-0.39, 0.29) is 6.04 Å². The summed E-state index contributed by atoms with van der Waals surface area (Å²) in [7, 11) is 0. The molecule has 0 spiro atoms. The average molecular weight is 353 g/mol. The van der Waals surface area contributed by atoms with Gasteiger partial charge in [0, 0.05) is 37.1 Å². The molecule has 4 rings (SSSR count). The third-order valence-electron chi connectivity index (χ3n) is 4.09. The molecular weight excluding hydrogens is 334 g/mol. The van der Waals surface area contributed by atoms with Crippen molar-refractivity contribution in [1.82, 2.24) is 29.9 Å². The molecule has 2 N–H and O–H groups in total. The molecule has 0 saturated carbocycles. The van der Waals surface area contributed by atoms with Crippen molar-refractivity contribution in [1.29, 1.82) is 0 Å². The van der Waals surface area contributed by atoms with Gasteiger partial charge in [0.15, 0.2) is 0 Å². The Labute approximate surface area is 149 Å². The first-order valence-electron chi connectivity index (χ1n) is 8.18. The Morgan fingerprint density at radius 1 is 1.24 bits per heavy atom. The van der Waals surface area contributed by atoms with Crippen LogP contribution in [0.5, 0.6) is 0 Å². The van der Waals surface area contributed by atoms with Crippen molar-refractivity contribution in [3.63, 3.8) is 0 Å². The minimum Gasteiger partial charge on any atom is -0.369 e. The lowest BCUT2D eigenvalue weighted by molar-refractivity contribution is 0.586. The third-order valence-corrected chi connectivity index (χ3v) is 4.94. The smallest absolute Gasteiger partial charge is 0.254 e. The van der Waals surface area contributed by atoms with Crippen LogP contribution >= 0.6 is 11.3 Å². The number of nitrogens with zero attached hydrogens (tertiary/aromatic N) is 5. The lowest BCUT2D eigenvalue weighted by atomic mass is 10.1. The molecule has 7 nitrogen and oxygen atoms in total. The maximum absolute atomic E-state index is 4.51. The van der Waals surface area contributed by atoms with Crippen molar-refractivity contribution in [2.45, 2.75) is 19.9 Å². The van der Waals surface area contributed by atoms with Crippen LogP contribution in [0.1, 0.15) is 24.2 Å². The van der Waals surface area contributed by atoms with E-state index in [1.54, 1.807) is 15.9 Å². The molecule has 0 amide bonds. The quantitative estimate of drug-likeness (QED) is 0.519. The predicted octanol–water partition coefficient (Wildman–Crippen LogP) is 2.81. The number of fused-ring (bicyclic) bond motifs is 2. The van der Waals surface area contributed by atoms with E-state index in [9.17, 15) is 0 Å². The number of rotatable bonds is 6. The van der Waals surface area contributed by atoms with Gasteiger partial charge in [-0.25, -0.2) is 4.98 Å². The molecule has 8 heteroatoms. The van der Waals surface area contributed by atoms with Gasteiger partial charge in [-0.2, -0.15) is 14.6 Å². The van der Waals surface area contributed by atoms with E-state index in [2.05, 4.69) is 49.1 Å². The van der Waals surface area contributed by atoms with Gasteiger partial charge in [-0.3, -0.25) is 4.98 Å². The largest absolute Gasteiger partial charge is 0.369 e. The molecule has 0 aliphatic rings. The first-order chi connectivity index (χ1) is 12.2. The Morgan fingerprint density at radius 3 is 3.08 bits per heavy atom. The minimum atomic E-state index is 0.242. The zero-order valence-corrected chi connectivity index (χ0v) is 14.9. The molecule has 4 heterocycles. The monoisotopic (exact) mass is 353 g/mol. The molecule has 4 aromatic rings. The van der Waals surface area contributed by atoms with Gasteiger partial charge in [-0.15, -0.1) is 11.3 Å². The summed E-state index contributed by atoms with van der Waals surface area (Å²) in [5, 5.41) is 13.2. The van der Waals surface area contributed by atoms with E-state index < -0.39 is 0 Å². The van der Waals surface area contributed by atoms with Gasteiger partial charge in [0.2, 0.25) is 0 Å². The Hall–Kier alpha value is -2.58. The molecule has 25 heavy (non-hydrogen) atoms. The molecule has 0 fully saturated rings. The molecule has 0 aliphatic carbocycles. The Kier molecular flexibility index (Phi) is 4.29. The first kappa shape index (κ1) is 15.9. The predicted molar refractivity (Wildman–Crippen MR) is 100 cm³/mol. The minimum absolute atomic E-state index is 0.242. The fraction of sp³-hybridized carbons (Fsp3) is 0.294.